The summed E-state index contributed by atoms with van der Waals surface area (Å²) in [6.45, 7) is 8.08. The lowest BCUT2D eigenvalue weighted by molar-refractivity contribution is 0.102. The summed E-state index contributed by atoms with van der Waals surface area (Å²) in [7, 11) is 0. The van der Waals surface area contributed by atoms with Crippen LogP contribution in [-0.2, 0) is 5.41 Å². The summed E-state index contributed by atoms with van der Waals surface area (Å²) in [5.41, 5.74) is 2.38. The predicted octanol–water partition coefficient (Wildman–Crippen LogP) is 5.22. The van der Waals surface area contributed by atoms with Gasteiger partial charge in [-0.1, -0.05) is 45.0 Å². The zero-order chi connectivity index (χ0) is 20.3. The van der Waals surface area contributed by atoms with E-state index in [1.54, 1.807) is 25.1 Å². The summed E-state index contributed by atoms with van der Waals surface area (Å²) in [4.78, 5) is 21.0. The van der Waals surface area contributed by atoms with Crippen molar-refractivity contribution in [1.29, 1.82) is 0 Å². The molecule has 2 aromatic carbocycles. The van der Waals surface area contributed by atoms with Gasteiger partial charge in [-0.25, -0.2) is 14.4 Å². The molecule has 0 aliphatic heterocycles. The molecular formula is C22H23FN4O. The lowest BCUT2D eigenvalue weighted by Gasteiger charge is -2.19. The highest BCUT2D eigenvalue weighted by Gasteiger charge is 2.15. The number of carbonyl (C=O) groups is 1. The van der Waals surface area contributed by atoms with Crippen molar-refractivity contribution in [2.75, 3.05) is 10.6 Å². The largest absolute Gasteiger partial charge is 0.338 e. The molecule has 0 spiro atoms. The van der Waals surface area contributed by atoms with Gasteiger partial charge in [0.1, 0.15) is 23.2 Å². The first-order chi connectivity index (χ1) is 13.2. The average molecular weight is 378 g/mol. The van der Waals surface area contributed by atoms with Crippen molar-refractivity contribution >= 4 is 23.1 Å². The van der Waals surface area contributed by atoms with E-state index in [0.717, 1.165) is 0 Å². The van der Waals surface area contributed by atoms with Crippen LogP contribution in [0.2, 0.25) is 0 Å². The molecule has 28 heavy (non-hydrogen) atoms. The van der Waals surface area contributed by atoms with E-state index in [2.05, 4.69) is 41.4 Å². The number of benzene rings is 2. The molecule has 1 aromatic heterocycles. The molecule has 0 aliphatic carbocycles. The highest BCUT2D eigenvalue weighted by atomic mass is 19.1. The quantitative estimate of drug-likeness (QED) is 0.653. The molecule has 5 nitrogen and oxygen atoms in total. The van der Waals surface area contributed by atoms with Gasteiger partial charge in [0.25, 0.3) is 5.91 Å². The number of hydrogen-bond acceptors (Lipinski definition) is 4. The molecule has 144 valence electrons. The van der Waals surface area contributed by atoms with E-state index in [1.165, 1.54) is 17.7 Å². The van der Waals surface area contributed by atoms with Gasteiger partial charge in [-0.15, -0.1) is 0 Å². The normalized spacial score (nSPS) is 11.2. The Kier molecular flexibility index (Phi) is 5.40. The molecule has 0 unspecified atom stereocenters. The SMILES string of the molecule is Cc1nc(Nc2ccccc2F)cc(C(=O)Nc2ccc(C(C)(C)C)cc2)n1. The van der Waals surface area contributed by atoms with Crippen molar-refractivity contribution in [3.63, 3.8) is 0 Å². The van der Waals surface area contributed by atoms with Crippen LogP contribution in [0.1, 0.15) is 42.6 Å². The molecule has 6 heteroatoms. The number of hydrogen-bond donors (Lipinski definition) is 2. The number of anilines is 3. The van der Waals surface area contributed by atoms with Crippen LogP contribution in [0.15, 0.2) is 54.6 Å². The maximum Gasteiger partial charge on any atom is 0.274 e. The Labute approximate surface area is 164 Å². The minimum absolute atomic E-state index is 0.0413. The Morgan fingerprint density at radius 3 is 2.32 bits per heavy atom. The molecule has 0 saturated carbocycles. The van der Waals surface area contributed by atoms with Crippen molar-refractivity contribution in [2.45, 2.75) is 33.1 Å². The van der Waals surface area contributed by atoms with Crippen molar-refractivity contribution in [1.82, 2.24) is 9.97 Å². The standard InChI is InChI=1S/C22H23FN4O/c1-14-24-19(13-20(25-14)27-18-8-6-5-7-17(18)23)21(28)26-16-11-9-15(10-12-16)22(2,3)4/h5-13H,1-4H3,(H,26,28)(H,24,25,27). The van der Waals surface area contributed by atoms with Gasteiger partial charge in [0, 0.05) is 11.8 Å². The Bertz CT molecular complexity index is 994. The minimum atomic E-state index is -0.399. The first-order valence-corrected chi connectivity index (χ1v) is 9.01. The zero-order valence-electron chi connectivity index (χ0n) is 16.4. The second-order valence-electron chi connectivity index (χ2n) is 7.57. The lowest BCUT2D eigenvalue weighted by atomic mass is 9.87. The fourth-order valence-electron chi connectivity index (χ4n) is 2.70. The van der Waals surface area contributed by atoms with Crippen molar-refractivity contribution in [3.05, 3.63) is 77.5 Å². The molecule has 1 amide bonds. The van der Waals surface area contributed by atoms with Gasteiger partial charge in [-0.3, -0.25) is 4.79 Å². The summed E-state index contributed by atoms with van der Waals surface area (Å²) in [5.74, 6) is 0.00898. The molecule has 0 fully saturated rings. The number of rotatable bonds is 4. The highest BCUT2D eigenvalue weighted by Crippen LogP contribution is 2.24. The van der Waals surface area contributed by atoms with Crippen LogP contribution in [0.4, 0.5) is 21.6 Å². The average Bonchev–Trinajstić information content (AvgIpc) is 2.63. The molecule has 0 saturated heterocycles. The summed E-state index contributed by atoms with van der Waals surface area (Å²) < 4.78 is 13.9. The van der Waals surface area contributed by atoms with E-state index in [-0.39, 0.29) is 22.7 Å². The molecular weight excluding hydrogens is 355 g/mol. The van der Waals surface area contributed by atoms with Gasteiger partial charge < -0.3 is 10.6 Å². The van der Waals surface area contributed by atoms with E-state index in [9.17, 15) is 9.18 Å². The molecule has 0 bridgehead atoms. The summed E-state index contributed by atoms with van der Waals surface area (Å²) in [6, 6.07) is 15.5. The van der Waals surface area contributed by atoms with E-state index >= 15 is 0 Å². The molecule has 3 aromatic rings. The maximum atomic E-state index is 13.9. The number of nitrogens with one attached hydrogen (secondary N) is 2. The third-order valence-corrected chi connectivity index (χ3v) is 4.22. The van der Waals surface area contributed by atoms with Crippen LogP contribution < -0.4 is 10.6 Å². The van der Waals surface area contributed by atoms with Gasteiger partial charge in [-0.05, 0) is 42.2 Å². The molecule has 0 atom stereocenters. The molecule has 1 heterocycles. The maximum absolute atomic E-state index is 13.9. The second-order valence-corrected chi connectivity index (χ2v) is 7.57. The van der Waals surface area contributed by atoms with E-state index in [1.807, 2.05) is 24.3 Å². The first-order valence-electron chi connectivity index (χ1n) is 9.01. The number of nitrogens with zero attached hydrogens (tertiary/aromatic N) is 2. The van der Waals surface area contributed by atoms with Crippen LogP contribution in [-0.4, -0.2) is 15.9 Å². The van der Waals surface area contributed by atoms with Crippen LogP contribution in [0, 0.1) is 12.7 Å². The summed E-state index contributed by atoms with van der Waals surface area (Å²) in [6.07, 6.45) is 0. The third-order valence-electron chi connectivity index (χ3n) is 4.22. The van der Waals surface area contributed by atoms with Crippen LogP contribution in [0.5, 0.6) is 0 Å². The van der Waals surface area contributed by atoms with Gasteiger partial charge in [0.2, 0.25) is 0 Å². The fraction of sp³-hybridized carbons (Fsp3) is 0.227. The molecule has 3 rings (SSSR count). The summed E-state index contributed by atoms with van der Waals surface area (Å²) >= 11 is 0. The number of para-hydroxylation sites is 1. The van der Waals surface area contributed by atoms with Crippen LogP contribution in [0.3, 0.4) is 0 Å². The Balaban J connectivity index is 1.78. The van der Waals surface area contributed by atoms with E-state index < -0.39 is 5.82 Å². The number of amides is 1. The highest BCUT2D eigenvalue weighted by molar-refractivity contribution is 6.03. The summed E-state index contributed by atoms with van der Waals surface area (Å²) in [5, 5.41) is 5.73. The van der Waals surface area contributed by atoms with Crippen LogP contribution in [0.25, 0.3) is 0 Å². The third kappa shape index (κ3) is 4.71. The number of halogens is 1. The number of aryl methyl sites for hydroxylation is 1. The Morgan fingerprint density at radius 1 is 1.00 bits per heavy atom. The van der Waals surface area contributed by atoms with Gasteiger partial charge in [-0.2, -0.15) is 0 Å². The Hall–Kier alpha value is -3.28. The van der Waals surface area contributed by atoms with Crippen molar-refractivity contribution < 1.29 is 9.18 Å². The van der Waals surface area contributed by atoms with Gasteiger partial charge >= 0.3 is 0 Å². The molecule has 0 radical (unpaired) electrons. The van der Waals surface area contributed by atoms with Crippen molar-refractivity contribution in [2.24, 2.45) is 0 Å². The topological polar surface area (TPSA) is 66.9 Å². The first kappa shape index (κ1) is 19.5. The molecule has 2 N–H and O–H groups in total. The zero-order valence-corrected chi connectivity index (χ0v) is 16.4. The van der Waals surface area contributed by atoms with Crippen LogP contribution >= 0.6 is 0 Å². The smallest absolute Gasteiger partial charge is 0.274 e. The Morgan fingerprint density at radius 2 is 1.68 bits per heavy atom. The number of carbonyl (C=O) groups excluding carboxylic acids is 1. The fourth-order valence-corrected chi connectivity index (χ4v) is 2.70. The minimum Gasteiger partial charge on any atom is -0.338 e. The van der Waals surface area contributed by atoms with E-state index in [4.69, 9.17) is 0 Å². The van der Waals surface area contributed by atoms with Gasteiger partial charge in [0.15, 0.2) is 0 Å². The lowest BCUT2D eigenvalue weighted by Crippen LogP contribution is -2.16. The predicted molar refractivity (Wildman–Crippen MR) is 110 cm³/mol. The number of aromatic nitrogens is 2. The van der Waals surface area contributed by atoms with E-state index in [0.29, 0.717) is 17.3 Å². The monoisotopic (exact) mass is 378 g/mol. The molecule has 0 aliphatic rings. The van der Waals surface area contributed by atoms with Crippen molar-refractivity contribution in [3.8, 4) is 0 Å². The van der Waals surface area contributed by atoms with Gasteiger partial charge in [0.05, 0.1) is 5.69 Å². The second kappa shape index (κ2) is 7.76.